The van der Waals surface area contributed by atoms with Crippen molar-refractivity contribution in [2.45, 2.75) is 29.7 Å². The number of esters is 1. The summed E-state index contributed by atoms with van der Waals surface area (Å²) in [6.07, 6.45) is 1.33. The number of benzene rings is 2. The molecule has 1 saturated heterocycles. The summed E-state index contributed by atoms with van der Waals surface area (Å²) in [6.45, 7) is 1.41. The van der Waals surface area contributed by atoms with Gasteiger partial charge >= 0.3 is 5.97 Å². The van der Waals surface area contributed by atoms with Crippen molar-refractivity contribution < 1.29 is 23.9 Å². The summed E-state index contributed by atoms with van der Waals surface area (Å²) in [4.78, 5) is 53.7. The minimum absolute atomic E-state index is 0.151. The van der Waals surface area contributed by atoms with Crippen molar-refractivity contribution >= 4 is 52.2 Å². The van der Waals surface area contributed by atoms with E-state index >= 15 is 0 Å². The number of β-lactam (4-membered cyclic amide) rings is 1. The van der Waals surface area contributed by atoms with Gasteiger partial charge in [0.1, 0.15) is 23.0 Å². The van der Waals surface area contributed by atoms with Crippen LogP contribution in [0.3, 0.4) is 0 Å². The molecule has 0 aliphatic carbocycles. The lowest BCUT2D eigenvalue weighted by Crippen LogP contribution is -2.70. The van der Waals surface area contributed by atoms with Crippen molar-refractivity contribution in [2.75, 3.05) is 4.90 Å². The largest absolute Gasteiger partial charge is 0.451 e. The number of carbonyl (C=O) groups is 4. The van der Waals surface area contributed by atoms with E-state index in [1.54, 1.807) is 6.07 Å². The second-order valence-corrected chi connectivity index (χ2v) is 10.5. The number of rotatable bonds is 7. The second kappa shape index (κ2) is 10.1. The zero-order valence-electron chi connectivity index (χ0n) is 19.2. The number of amides is 2. The van der Waals surface area contributed by atoms with Crippen LogP contribution in [-0.4, -0.2) is 45.6 Å². The highest BCUT2D eigenvalue weighted by molar-refractivity contribution is 8.01. The van der Waals surface area contributed by atoms with Gasteiger partial charge < -0.3 is 9.64 Å². The third-order valence-corrected chi connectivity index (χ3v) is 8.44. The lowest BCUT2D eigenvalue weighted by molar-refractivity contribution is -0.147. The summed E-state index contributed by atoms with van der Waals surface area (Å²) in [5.41, 5.74) is 1.75. The van der Waals surface area contributed by atoms with Crippen molar-refractivity contribution in [3.63, 3.8) is 0 Å². The van der Waals surface area contributed by atoms with Crippen LogP contribution in [0.5, 0.6) is 0 Å². The van der Waals surface area contributed by atoms with E-state index in [1.807, 2.05) is 72.1 Å². The molecule has 0 spiro atoms. The number of hydrogen-bond acceptors (Lipinski definition) is 7. The topological polar surface area (TPSA) is 84.0 Å². The number of thiophene rings is 1. The van der Waals surface area contributed by atoms with Gasteiger partial charge in [-0.15, -0.1) is 23.1 Å². The van der Waals surface area contributed by atoms with Gasteiger partial charge in [0.05, 0.1) is 5.00 Å². The van der Waals surface area contributed by atoms with Gasteiger partial charge in [-0.1, -0.05) is 60.7 Å². The molecule has 2 aliphatic rings. The smallest absolute Gasteiger partial charge is 0.324 e. The lowest BCUT2D eigenvalue weighted by atomic mass is 10.0. The predicted octanol–water partition coefficient (Wildman–Crippen LogP) is 4.17. The van der Waals surface area contributed by atoms with Crippen molar-refractivity contribution in [3.8, 4) is 0 Å². The fourth-order valence-corrected chi connectivity index (χ4v) is 6.58. The maximum Gasteiger partial charge on any atom is 0.324 e. The lowest BCUT2D eigenvalue weighted by Gasteiger charge is -2.51. The van der Waals surface area contributed by atoms with Gasteiger partial charge in [-0.05, 0) is 28.6 Å². The Morgan fingerprint density at radius 1 is 1.00 bits per heavy atom. The maximum atomic E-state index is 13.5. The number of ether oxygens (including phenoxy) is 1. The second-order valence-electron chi connectivity index (χ2n) is 8.32. The minimum Gasteiger partial charge on any atom is -0.451 e. The van der Waals surface area contributed by atoms with Crippen molar-refractivity contribution in [3.05, 3.63) is 101 Å². The number of thioether (sulfide) groups is 1. The SMILES string of the molecule is CC(=O)N(c1cccs1)C1C(=O)N2C=C(C=O)C(C(=O)OC(c3ccccc3)c3ccccc3)S[C@H]12. The first-order valence-corrected chi connectivity index (χ1v) is 13.1. The predicted molar refractivity (Wildman–Crippen MR) is 138 cm³/mol. The Morgan fingerprint density at radius 3 is 2.17 bits per heavy atom. The first-order chi connectivity index (χ1) is 17.5. The van der Waals surface area contributed by atoms with Crippen LogP contribution in [0.2, 0.25) is 0 Å². The molecule has 182 valence electrons. The summed E-state index contributed by atoms with van der Waals surface area (Å²) in [6, 6.07) is 21.6. The molecule has 3 aromatic rings. The summed E-state index contributed by atoms with van der Waals surface area (Å²) < 4.78 is 6.00. The highest BCUT2D eigenvalue weighted by atomic mass is 32.2. The average Bonchev–Trinajstić information content (AvgIpc) is 3.44. The number of hydrogen-bond donors (Lipinski definition) is 0. The normalized spacial score (nSPS) is 20.7. The molecule has 0 bridgehead atoms. The molecule has 0 radical (unpaired) electrons. The van der Waals surface area contributed by atoms with Crippen LogP contribution in [0.15, 0.2) is 89.9 Å². The fraction of sp³-hybridized carbons (Fsp3) is 0.185. The number of fused-ring (bicyclic) bond motifs is 1. The molecule has 1 aromatic heterocycles. The molecule has 36 heavy (non-hydrogen) atoms. The van der Waals surface area contributed by atoms with Gasteiger partial charge in [0, 0.05) is 18.7 Å². The van der Waals surface area contributed by atoms with Crippen LogP contribution in [0.4, 0.5) is 5.00 Å². The zero-order valence-corrected chi connectivity index (χ0v) is 20.9. The Bertz CT molecular complexity index is 1270. The standard InChI is InChI=1S/C27H22N2O5S2/c1-17(31)29(21-13-8-14-35-21)22-25(32)28-15-20(16-30)24(36-26(22)28)27(33)34-23(18-9-4-2-5-10-18)19-11-6-3-7-12-19/h2-16,22-24,26H,1H3/t22?,24?,26-/m1/s1. The van der Waals surface area contributed by atoms with E-state index in [4.69, 9.17) is 4.74 Å². The zero-order chi connectivity index (χ0) is 25.2. The van der Waals surface area contributed by atoms with E-state index < -0.39 is 28.7 Å². The van der Waals surface area contributed by atoms with Gasteiger partial charge in [0.2, 0.25) is 5.91 Å². The van der Waals surface area contributed by atoms with Crippen LogP contribution >= 0.6 is 23.1 Å². The molecule has 7 nitrogen and oxygen atoms in total. The summed E-state index contributed by atoms with van der Waals surface area (Å²) in [7, 11) is 0. The summed E-state index contributed by atoms with van der Waals surface area (Å²) >= 11 is 2.51. The van der Waals surface area contributed by atoms with Crippen LogP contribution in [0.25, 0.3) is 0 Å². The molecule has 2 aromatic carbocycles. The molecule has 9 heteroatoms. The Kier molecular flexibility index (Phi) is 6.75. The molecule has 5 rings (SSSR count). The van der Waals surface area contributed by atoms with E-state index in [-0.39, 0.29) is 17.4 Å². The average molecular weight is 519 g/mol. The number of nitrogens with zero attached hydrogens (tertiary/aromatic N) is 2. The molecule has 2 unspecified atom stereocenters. The fourth-order valence-electron chi connectivity index (χ4n) is 4.37. The molecular formula is C27H22N2O5S2. The summed E-state index contributed by atoms with van der Waals surface area (Å²) in [5.74, 6) is -1.15. The van der Waals surface area contributed by atoms with E-state index in [1.165, 1.54) is 34.3 Å². The molecule has 2 aliphatic heterocycles. The Morgan fingerprint density at radius 2 is 1.64 bits per heavy atom. The van der Waals surface area contributed by atoms with Crippen LogP contribution in [-0.2, 0) is 23.9 Å². The quantitative estimate of drug-likeness (QED) is 0.265. The van der Waals surface area contributed by atoms with Crippen molar-refractivity contribution in [1.29, 1.82) is 0 Å². The van der Waals surface area contributed by atoms with Crippen molar-refractivity contribution in [2.24, 2.45) is 0 Å². The van der Waals surface area contributed by atoms with E-state index in [9.17, 15) is 19.2 Å². The molecule has 0 N–H and O–H groups in total. The minimum atomic E-state index is -0.939. The molecule has 2 amide bonds. The van der Waals surface area contributed by atoms with Crippen LogP contribution < -0.4 is 4.90 Å². The van der Waals surface area contributed by atoms with E-state index in [0.717, 1.165) is 22.9 Å². The van der Waals surface area contributed by atoms with E-state index in [2.05, 4.69) is 0 Å². The maximum absolute atomic E-state index is 13.5. The number of anilines is 1. The Balaban J connectivity index is 1.43. The first kappa shape index (κ1) is 24.0. The monoisotopic (exact) mass is 518 g/mol. The van der Waals surface area contributed by atoms with Gasteiger partial charge in [-0.2, -0.15) is 0 Å². The molecule has 0 saturated carbocycles. The van der Waals surface area contributed by atoms with Gasteiger partial charge in [-0.25, -0.2) is 0 Å². The highest BCUT2D eigenvalue weighted by Crippen LogP contribution is 2.44. The first-order valence-electron chi connectivity index (χ1n) is 11.3. The van der Waals surface area contributed by atoms with Gasteiger partial charge in [0.25, 0.3) is 5.91 Å². The van der Waals surface area contributed by atoms with E-state index in [0.29, 0.717) is 11.3 Å². The molecule has 3 heterocycles. The third-order valence-electron chi connectivity index (χ3n) is 6.07. The Labute approximate surface area is 216 Å². The Hall–Kier alpha value is -3.69. The molecular weight excluding hydrogens is 496 g/mol. The third kappa shape index (κ3) is 4.36. The number of aldehydes is 1. The van der Waals surface area contributed by atoms with Crippen molar-refractivity contribution in [1.82, 2.24) is 4.90 Å². The van der Waals surface area contributed by atoms with Gasteiger partial charge in [-0.3, -0.25) is 24.1 Å². The number of carbonyl (C=O) groups excluding carboxylic acids is 4. The molecule has 1 fully saturated rings. The van der Waals surface area contributed by atoms with Crippen LogP contribution in [0, 0.1) is 0 Å². The highest BCUT2D eigenvalue weighted by Gasteiger charge is 2.56. The van der Waals surface area contributed by atoms with Crippen LogP contribution in [0.1, 0.15) is 24.2 Å². The molecule has 3 atom stereocenters. The summed E-state index contributed by atoms with van der Waals surface area (Å²) in [5, 5.41) is 1.03. The van der Waals surface area contributed by atoms with Gasteiger partial charge in [0.15, 0.2) is 6.10 Å².